The second-order valence-electron chi connectivity index (χ2n) is 7.51. The molecule has 0 radical (unpaired) electrons. The van der Waals surface area contributed by atoms with Crippen molar-refractivity contribution in [2.24, 2.45) is 0 Å². The first-order valence-corrected chi connectivity index (χ1v) is 10.3. The fourth-order valence-corrected chi connectivity index (χ4v) is 3.43. The van der Waals surface area contributed by atoms with Crippen LogP contribution in [0.15, 0.2) is 41.3 Å². The standard InChI is InChI=1S/C20H20N4O3.C3H8/c1-12-8-15-3-5-17(25)23-19(15)20(27)24(12)11-18(26)22-10-13-2-4-16-14(9-13)6-7-21-16;1-3-2/h2,4,6-9,21H,3,5,10-11H2,1H3,(H,22,26)(H,23,25);3H2,1-2H3. The van der Waals surface area contributed by atoms with E-state index in [0.29, 0.717) is 30.8 Å². The highest BCUT2D eigenvalue weighted by Gasteiger charge is 2.21. The molecule has 158 valence electrons. The first-order valence-electron chi connectivity index (χ1n) is 10.3. The van der Waals surface area contributed by atoms with E-state index in [0.717, 1.165) is 22.0 Å². The highest BCUT2D eigenvalue weighted by Crippen LogP contribution is 2.19. The molecule has 0 fully saturated rings. The van der Waals surface area contributed by atoms with E-state index in [1.54, 1.807) is 6.92 Å². The van der Waals surface area contributed by atoms with Gasteiger partial charge in [-0.2, -0.15) is 0 Å². The van der Waals surface area contributed by atoms with E-state index in [1.165, 1.54) is 11.0 Å². The minimum atomic E-state index is -0.332. The van der Waals surface area contributed by atoms with Gasteiger partial charge in [0, 0.05) is 30.4 Å². The van der Waals surface area contributed by atoms with E-state index in [9.17, 15) is 14.4 Å². The number of nitrogens with zero attached hydrogens (tertiary/aromatic N) is 1. The van der Waals surface area contributed by atoms with E-state index in [1.807, 2.05) is 36.5 Å². The molecule has 1 aromatic carbocycles. The smallest absolute Gasteiger partial charge is 0.275 e. The average molecular weight is 409 g/mol. The summed E-state index contributed by atoms with van der Waals surface area (Å²) >= 11 is 0. The normalized spacial score (nSPS) is 12.6. The number of benzene rings is 1. The number of carbonyl (C=O) groups excluding carboxylic acids is 2. The van der Waals surface area contributed by atoms with Crippen LogP contribution in [0, 0.1) is 6.92 Å². The Kier molecular flexibility index (Phi) is 6.72. The zero-order valence-electron chi connectivity index (χ0n) is 17.7. The molecular weight excluding hydrogens is 380 g/mol. The number of H-pyrrole nitrogens is 1. The molecule has 2 aromatic heterocycles. The van der Waals surface area contributed by atoms with E-state index in [2.05, 4.69) is 29.5 Å². The fraction of sp³-hybridized carbons (Fsp3) is 0.348. The third kappa shape index (κ3) is 4.79. The lowest BCUT2D eigenvalue weighted by atomic mass is 10.0. The number of rotatable bonds is 4. The molecule has 0 bridgehead atoms. The van der Waals surface area contributed by atoms with Gasteiger partial charge in [-0.05, 0) is 54.1 Å². The first kappa shape index (κ1) is 21.4. The largest absolute Gasteiger partial charge is 0.361 e. The number of hydrogen-bond acceptors (Lipinski definition) is 3. The van der Waals surface area contributed by atoms with Crippen LogP contribution in [0.4, 0.5) is 5.69 Å². The van der Waals surface area contributed by atoms with Gasteiger partial charge < -0.3 is 20.2 Å². The van der Waals surface area contributed by atoms with Gasteiger partial charge in [0.25, 0.3) is 5.56 Å². The van der Waals surface area contributed by atoms with Crippen LogP contribution in [0.3, 0.4) is 0 Å². The quantitative estimate of drug-likeness (QED) is 0.618. The highest BCUT2D eigenvalue weighted by molar-refractivity contribution is 5.93. The molecule has 3 N–H and O–H groups in total. The van der Waals surface area contributed by atoms with Crippen molar-refractivity contribution in [1.29, 1.82) is 0 Å². The van der Waals surface area contributed by atoms with Crippen LogP contribution < -0.4 is 16.2 Å². The predicted molar refractivity (Wildman–Crippen MR) is 119 cm³/mol. The number of carbonyl (C=O) groups is 2. The lowest BCUT2D eigenvalue weighted by Crippen LogP contribution is -2.36. The number of pyridine rings is 1. The summed E-state index contributed by atoms with van der Waals surface area (Å²) in [6, 6.07) is 9.77. The maximum Gasteiger partial charge on any atom is 0.275 e. The predicted octanol–water partition coefficient (Wildman–Crippen LogP) is 3.26. The van der Waals surface area contributed by atoms with Gasteiger partial charge >= 0.3 is 0 Å². The number of nitrogens with one attached hydrogen (secondary N) is 3. The van der Waals surface area contributed by atoms with Crippen molar-refractivity contribution in [3.8, 4) is 0 Å². The Morgan fingerprint density at radius 2 is 1.90 bits per heavy atom. The summed E-state index contributed by atoms with van der Waals surface area (Å²) in [5, 5.41) is 6.57. The molecule has 7 nitrogen and oxygen atoms in total. The van der Waals surface area contributed by atoms with Crippen molar-refractivity contribution in [2.75, 3.05) is 5.32 Å². The molecule has 2 amide bonds. The van der Waals surface area contributed by atoms with Gasteiger partial charge in [0.1, 0.15) is 12.2 Å². The van der Waals surface area contributed by atoms with Crippen LogP contribution in [0.25, 0.3) is 10.9 Å². The molecule has 0 spiro atoms. The molecule has 3 aromatic rings. The average Bonchev–Trinajstić information content (AvgIpc) is 3.19. The summed E-state index contributed by atoms with van der Waals surface area (Å²) in [6.07, 6.45) is 4.05. The van der Waals surface area contributed by atoms with Crippen molar-refractivity contribution in [1.82, 2.24) is 14.9 Å². The minimum absolute atomic E-state index is 0.0831. The van der Waals surface area contributed by atoms with Crippen LogP contribution in [-0.2, 0) is 29.1 Å². The van der Waals surface area contributed by atoms with Gasteiger partial charge in [0.05, 0.1) is 0 Å². The SMILES string of the molecule is CCC.Cc1cc2c(c(=O)n1CC(=O)NCc1ccc3[nH]ccc3c1)NC(=O)CC2. The summed E-state index contributed by atoms with van der Waals surface area (Å²) in [5.41, 5.74) is 3.53. The molecule has 0 saturated carbocycles. The van der Waals surface area contributed by atoms with Crippen molar-refractivity contribution < 1.29 is 9.59 Å². The van der Waals surface area contributed by atoms with E-state index >= 15 is 0 Å². The topological polar surface area (TPSA) is 96.0 Å². The number of amides is 2. The molecule has 0 unspecified atom stereocenters. The molecular formula is C23H28N4O3. The van der Waals surface area contributed by atoms with Crippen molar-refractivity contribution in [3.63, 3.8) is 0 Å². The van der Waals surface area contributed by atoms with Crippen molar-refractivity contribution >= 4 is 28.4 Å². The summed E-state index contributed by atoms with van der Waals surface area (Å²) in [4.78, 5) is 39.8. The number of hydrogen-bond donors (Lipinski definition) is 3. The van der Waals surface area contributed by atoms with Gasteiger partial charge in [-0.25, -0.2) is 0 Å². The van der Waals surface area contributed by atoms with Crippen LogP contribution in [-0.4, -0.2) is 21.4 Å². The number of aromatic nitrogens is 2. The van der Waals surface area contributed by atoms with Crippen LogP contribution in [0.1, 0.15) is 43.5 Å². The Morgan fingerprint density at radius 3 is 2.67 bits per heavy atom. The minimum Gasteiger partial charge on any atom is -0.361 e. The lowest BCUT2D eigenvalue weighted by molar-refractivity contribution is -0.122. The highest BCUT2D eigenvalue weighted by atomic mass is 16.2. The zero-order valence-corrected chi connectivity index (χ0v) is 17.7. The van der Waals surface area contributed by atoms with Gasteiger partial charge in [-0.1, -0.05) is 26.3 Å². The summed E-state index contributed by atoms with van der Waals surface area (Å²) in [5.74, 6) is -0.420. The number of fused-ring (bicyclic) bond motifs is 2. The molecule has 3 heterocycles. The van der Waals surface area contributed by atoms with Gasteiger partial charge in [-0.3, -0.25) is 14.4 Å². The second kappa shape index (κ2) is 9.43. The maximum absolute atomic E-state index is 12.7. The van der Waals surface area contributed by atoms with Crippen molar-refractivity contribution in [3.05, 3.63) is 63.7 Å². The zero-order chi connectivity index (χ0) is 21.7. The van der Waals surface area contributed by atoms with Gasteiger partial charge in [0.2, 0.25) is 11.8 Å². The lowest BCUT2D eigenvalue weighted by Gasteiger charge is -2.19. The Morgan fingerprint density at radius 1 is 1.13 bits per heavy atom. The first-order chi connectivity index (χ1) is 14.4. The van der Waals surface area contributed by atoms with Crippen LogP contribution in [0.2, 0.25) is 0 Å². The molecule has 0 aliphatic carbocycles. The van der Waals surface area contributed by atoms with Gasteiger partial charge in [0.15, 0.2) is 0 Å². The van der Waals surface area contributed by atoms with Crippen molar-refractivity contribution in [2.45, 2.75) is 53.1 Å². The van der Waals surface area contributed by atoms with Gasteiger partial charge in [-0.15, -0.1) is 0 Å². The summed E-state index contributed by atoms with van der Waals surface area (Å²) < 4.78 is 1.40. The Balaban J connectivity index is 0.000000806. The van der Waals surface area contributed by atoms with Crippen LogP contribution >= 0.6 is 0 Å². The Labute approximate surface area is 175 Å². The molecule has 1 aliphatic rings. The number of anilines is 1. The summed E-state index contributed by atoms with van der Waals surface area (Å²) in [7, 11) is 0. The van der Waals surface area contributed by atoms with E-state index < -0.39 is 0 Å². The second-order valence-corrected chi connectivity index (χ2v) is 7.51. The Bertz CT molecular complexity index is 1130. The monoisotopic (exact) mass is 408 g/mol. The molecule has 0 atom stereocenters. The molecule has 0 saturated heterocycles. The molecule has 4 rings (SSSR count). The fourth-order valence-electron chi connectivity index (χ4n) is 3.43. The third-order valence-electron chi connectivity index (χ3n) is 4.88. The van der Waals surface area contributed by atoms with E-state index in [4.69, 9.17) is 0 Å². The van der Waals surface area contributed by atoms with E-state index in [-0.39, 0.29) is 23.9 Å². The number of aromatic amines is 1. The molecule has 1 aliphatic heterocycles. The Hall–Kier alpha value is -3.35. The third-order valence-corrected chi connectivity index (χ3v) is 4.88. The van der Waals surface area contributed by atoms with Crippen LogP contribution in [0.5, 0.6) is 0 Å². The molecule has 30 heavy (non-hydrogen) atoms. The number of aryl methyl sites for hydroxylation is 2. The maximum atomic E-state index is 12.7. The molecule has 7 heteroatoms. The summed E-state index contributed by atoms with van der Waals surface area (Å²) in [6.45, 7) is 6.35.